The second-order valence-corrected chi connectivity index (χ2v) is 4.51. The van der Waals surface area contributed by atoms with Crippen LogP contribution in [0.3, 0.4) is 0 Å². The number of amides is 1. The highest BCUT2D eigenvalue weighted by Crippen LogP contribution is 2.27. The van der Waals surface area contributed by atoms with Crippen LogP contribution in [0.2, 0.25) is 0 Å². The number of nitrogens with zero attached hydrogens (tertiary/aromatic N) is 1. The summed E-state index contributed by atoms with van der Waals surface area (Å²) in [6.07, 6.45) is 6.39. The normalized spacial score (nSPS) is 17.5. The number of unbranched alkanes of at least 4 members (excludes halogenated alkanes) is 1. The quantitative estimate of drug-likeness (QED) is 0.700. The van der Waals surface area contributed by atoms with E-state index < -0.39 is 0 Å². The molecule has 1 atom stereocenters. The summed E-state index contributed by atoms with van der Waals surface area (Å²) < 4.78 is 0. The fourth-order valence-corrected chi connectivity index (χ4v) is 1.83. The van der Waals surface area contributed by atoms with E-state index in [1.807, 2.05) is 4.90 Å². The molecule has 1 unspecified atom stereocenters. The number of hydrogen-bond donors (Lipinski definition) is 1. The van der Waals surface area contributed by atoms with Crippen molar-refractivity contribution in [3.8, 4) is 0 Å². The monoisotopic (exact) mass is 212 g/mol. The average Bonchev–Trinajstić information content (AvgIpc) is 3.02. The molecule has 1 fully saturated rings. The molecule has 1 rings (SSSR count). The van der Waals surface area contributed by atoms with E-state index in [2.05, 4.69) is 13.8 Å². The third-order valence-corrected chi connectivity index (χ3v) is 2.94. The molecule has 88 valence electrons. The number of carbonyl (C=O) groups excluding carboxylic acids is 1. The van der Waals surface area contributed by atoms with Crippen LogP contribution in [0.1, 0.15) is 52.4 Å². The van der Waals surface area contributed by atoms with Gasteiger partial charge in [-0.3, -0.25) is 4.79 Å². The summed E-state index contributed by atoms with van der Waals surface area (Å²) in [6.45, 7) is 5.12. The number of nitrogens with two attached hydrogens (primary N) is 1. The van der Waals surface area contributed by atoms with Crippen molar-refractivity contribution in [1.82, 2.24) is 4.90 Å². The van der Waals surface area contributed by atoms with E-state index in [1.165, 1.54) is 12.8 Å². The van der Waals surface area contributed by atoms with E-state index in [4.69, 9.17) is 5.73 Å². The summed E-state index contributed by atoms with van der Waals surface area (Å²) in [5, 5.41) is 0. The lowest BCUT2D eigenvalue weighted by Gasteiger charge is -2.25. The zero-order valence-corrected chi connectivity index (χ0v) is 10.0. The molecule has 0 aliphatic heterocycles. The third-order valence-electron chi connectivity index (χ3n) is 2.94. The second kappa shape index (κ2) is 6.11. The molecule has 2 N–H and O–H groups in total. The van der Waals surface area contributed by atoms with Gasteiger partial charge in [-0.25, -0.2) is 0 Å². The van der Waals surface area contributed by atoms with Gasteiger partial charge >= 0.3 is 0 Å². The first-order valence-corrected chi connectivity index (χ1v) is 6.26. The van der Waals surface area contributed by atoms with Gasteiger partial charge in [0.05, 0.1) is 6.04 Å². The molecular formula is C12H24N2O. The van der Waals surface area contributed by atoms with Crippen LogP contribution >= 0.6 is 0 Å². The summed E-state index contributed by atoms with van der Waals surface area (Å²) in [6, 6.07) is 0.236. The first kappa shape index (κ1) is 12.5. The Morgan fingerprint density at radius 2 is 2.07 bits per heavy atom. The predicted octanol–water partition coefficient (Wildman–Crippen LogP) is 1.90. The predicted molar refractivity (Wildman–Crippen MR) is 62.5 cm³/mol. The van der Waals surface area contributed by atoms with Gasteiger partial charge in [0.25, 0.3) is 0 Å². The smallest absolute Gasteiger partial charge is 0.239 e. The maximum Gasteiger partial charge on any atom is 0.239 e. The number of rotatable bonds is 7. The summed E-state index contributed by atoms with van der Waals surface area (Å²) in [4.78, 5) is 14.0. The van der Waals surface area contributed by atoms with Crippen LogP contribution in [0.15, 0.2) is 0 Å². The molecule has 0 bridgehead atoms. The standard InChI is InChI=1S/C12H24N2O/c1-3-5-9-14(10-7-8-10)12(15)11(13)6-4-2/h10-11H,3-9,13H2,1-2H3. The largest absolute Gasteiger partial charge is 0.338 e. The summed E-state index contributed by atoms with van der Waals surface area (Å²) in [5.41, 5.74) is 5.87. The topological polar surface area (TPSA) is 46.3 Å². The molecule has 3 heteroatoms. The molecule has 1 aliphatic carbocycles. The van der Waals surface area contributed by atoms with Gasteiger partial charge < -0.3 is 10.6 Å². The fourth-order valence-electron chi connectivity index (χ4n) is 1.83. The molecule has 3 nitrogen and oxygen atoms in total. The highest BCUT2D eigenvalue weighted by Gasteiger charge is 2.33. The van der Waals surface area contributed by atoms with Crippen LogP contribution in [0, 0.1) is 0 Å². The Morgan fingerprint density at radius 1 is 1.40 bits per heavy atom. The van der Waals surface area contributed by atoms with E-state index in [0.717, 1.165) is 32.2 Å². The van der Waals surface area contributed by atoms with Crippen LogP contribution in [0.25, 0.3) is 0 Å². The molecule has 0 heterocycles. The van der Waals surface area contributed by atoms with Gasteiger partial charge in [0.2, 0.25) is 5.91 Å². The van der Waals surface area contributed by atoms with E-state index in [-0.39, 0.29) is 11.9 Å². The Hall–Kier alpha value is -0.570. The van der Waals surface area contributed by atoms with Crippen molar-refractivity contribution in [2.24, 2.45) is 5.73 Å². The van der Waals surface area contributed by atoms with E-state index in [1.54, 1.807) is 0 Å². The zero-order chi connectivity index (χ0) is 11.3. The van der Waals surface area contributed by atoms with E-state index in [9.17, 15) is 4.79 Å². The van der Waals surface area contributed by atoms with Crippen LogP contribution in [-0.2, 0) is 4.79 Å². The number of hydrogen-bond acceptors (Lipinski definition) is 2. The van der Waals surface area contributed by atoms with Crippen LogP contribution in [-0.4, -0.2) is 29.4 Å². The van der Waals surface area contributed by atoms with Gasteiger partial charge in [-0.2, -0.15) is 0 Å². The Kier molecular flexibility index (Phi) is 5.09. The molecule has 0 aromatic carbocycles. The van der Waals surface area contributed by atoms with Gasteiger partial charge in [-0.1, -0.05) is 26.7 Å². The molecule has 0 aromatic heterocycles. The van der Waals surface area contributed by atoms with Crippen molar-refractivity contribution >= 4 is 5.91 Å². The second-order valence-electron chi connectivity index (χ2n) is 4.51. The van der Waals surface area contributed by atoms with Gasteiger partial charge in [0.15, 0.2) is 0 Å². The minimum Gasteiger partial charge on any atom is -0.338 e. The van der Waals surface area contributed by atoms with Crippen molar-refractivity contribution < 1.29 is 4.79 Å². The highest BCUT2D eigenvalue weighted by atomic mass is 16.2. The number of carbonyl (C=O) groups is 1. The fraction of sp³-hybridized carbons (Fsp3) is 0.917. The lowest BCUT2D eigenvalue weighted by molar-refractivity contribution is -0.133. The first-order chi connectivity index (χ1) is 7.20. The van der Waals surface area contributed by atoms with Gasteiger partial charge in [0, 0.05) is 12.6 Å². The van der Waals surface area contributed by atoms with Crippen molar-refractivity contribution in [2.45, 2.75) is 64.5 Å². The molecule has 1 aliphatic rings. The van der Waals surface area contributed by atoms with Gasteiger partial charge in [-0.15, -0.1) is 0 Å². The molecule has 0 aromatic rings. The first-order valence-electron chi connectivity index (χ1n) is 6.26. The maximum atomic E-state index is 12.0. The summed E-state index contributed by atoms with van der Waals surface area (Å²) >= 11 is 0. The molecule has 15 heavy (non-hydrogen) atoms. The Balaban J connectivity index is 2.43. The Labute approximate surface area is 93.0 Å². The summed E-state index contributed by atoms with van der Waals surface area (Å²) in [7, 11) is 0. The SMILES string of the molecule is CCCCN(C(=O)C(N)CCC)C1CC1. The van der Waals surface area contributed by atoms with Crippen LogP contribution in [0.5, 0.6) is 0 Å². The minimum absolute atomic E-state index is 0.174. The lowest BCUT2D eigenvalue weighted by Crippen LogP contribution is -2.45. The highest BCUT2D eigenvalue weighted by molar-refractivity contribution is 5.82. The van der Waals surface area contributed by atoms with E-state index in [0.29, 0.717) is 6.04 Å². The molecule has 1 saturated carbocycles. The average molecular weight is 212 g/mol. The molecule has 0 radical (unpaired) electrons. The minimum atomic E-state index is -0.271. The van der Waals surface area contributed by atoms with Gasteiger partial charge in [0.1, 0.15) is 0 Å². The Bertz CT molecular complexity index is 202. The Morgan fingerprint density at radius 3 is 2.53 bits per heavy atom. The molecule has 0 saturated heterocycles. The van der Waals surface area contributed by atoms with Crippen molar-refractivity contribution in [1.29, 1.82) is 0 Å². The van der Waals surface area contributed by atoms with Crippen molar-refractivity contribution in [3.05, 3.63) is 0 Å². The third kappa shape index (κ3) is 3.82. The molecule has 0 spiro atoms. The van der Waals surface area contributed by atoms with Crippen molar-refractivity contribution in [3.63, 3.8) is 0 Å². The molecule has 1 amide bonds. The van der Waals surface area contributed by atoms with Gasteiger partial charge in [-0.05, 0) is 25.7 Å². The van der Waals surface area contributed by atoms with Crippen LogP contribution < -0.4 is 5.73 Å². The molecular weight excluding hydrogens is 188 g/mol. The zero-order valence-electron chi connectivity index (χ0n) is 10.0. The lowest BCUT2D eigenvalue weighted by atomic mass is 10.1. The summed E-state index contributed by atoms with van der Waals surface area (Å²) in [5.74, 6) is 0.174. The maximum absolute atomic E-state index is 12.0. The van der Waals surface area contributed by atoms with E-state index >= 15 is 0 Å². The van der Waals surface area contributed by atoms with Crippen molar-refractivity contribution in [2.75, 3.05) is 6.54 Å². The van der Waals surface area contributed by atoms with Crippen LogP contribution in [0.4, 0.5) is 0 Å².